The third kappa shape index (κ3) is 4.51. The van der Waals surface area contributed by atoms with E-state index in [1.807, 2.05) is 6.92 Å². The van der Waals surface area contributed by atoms with Crippen LogP contribution in [-0.2, 0) is 14.3 Å². The number of nitrogens with zero attached hydrogens (tertiary/aromatic N) is 2. The van der Waals surface area contributed by atoms with Crippen LogP contribution in [0.15, 0.2) is 52.2 Å². The van der Waals surface area contributed by atoms with Crippen molar-refractivity contribution in [3.63, 3.8) is 0 Å². The number of carbonyl (C=O) groups excluding carboxylic acids is 2. The van der Waals surface area contributed by atoms with Crippen molar-refractivity contribution in [1.82, 2.24) is 0 Å². The zero-order valence-corrected chi connectivity index (χ0v) is 25.5. The van der Waals surface area contributed by atoms with E-state index in [9.17, 15) is 14.8 Å². The second kappa shape index (κ2) is 11.1. The topological polar surface area (TPSA) is 79.2 Å². The quantitative estimate of drug-likeness (QED) is 0.182. The Morgan fingerprint density at radius 3 is 2.57 bits per heavy atom. The Bertz CT molecular complexity index is 1420. The summed E-state index contributed by atoms with van der Waals surface area (Å²) in [5.41, 5.74) is 6.48. The molecule has 1 saturated heterocycles. The predicted molar refractivity (Wildman–Crippen MR) is 164 cm³/mol. The highest BCUT2D eigenvalue weighted by Gasteiger charge is 2.65. The van der Waals surface area contributed by atoms with Crippen molar-refractivity contribution in [2.45, 2.75) is 85.0 Å². The number of esters is 1. The van der Waals surface area contributed by atoms with Crippen LogP contribution in [0.1, 0.15) is 90.5 Å². The molecule has 1 heterocycles. The molecule has 6 atom stereocenters. The molecule has 5 aliphatic rings. The van der Waals surface area contributed by atoms with Gasteiger partial charge in [-0.05, 0) is 116 Å². The lowest BCUT2D eigenvalue weighted by Gasteiger charge is -2.55. The summed E-state index contributed by atoms with van der Waals surface area (Å²) < 4.78 is 5.29. The summed E-state index contributed by atoms with van der Waals surface area (Å²) in [5, 5.41) is 13.2. The molecule has 0 bridgehead atoms. The largest absolute Gasteiger partial charge is 0.458 e. The molecule has 1 aromatic rings. The van der Waals surface area contributed by atoms with E-state index in [-0.39, 0.29) is 23.7 Å². The second-order valence-electron chi connectivity index (χ2n) is 13.5. The van der Waals surface area contributed by atoms with E-state index in [2.05, 4.69) is 66.1 Å². The summed E-state index contributed by atoms with van der Waals surface area (Å²) in [5.74, 6) is 7.27. The average Bonchev–Trinajstić information content (AvgIpc) is 3.63. The molecule has 1 aromatic carbocycles. The van der Waals surface area contributed by atoms with Crippen molar-refractivity contribution >= 4 is 23.2 Å². The van der Waals surface area contributed by atoms with Crippen LogP contribution in [-0.4, -0.2) is 42.4 Å². The number of fused-ring (bicyclic) bond motifs is 4. The van der Waals surface area contributed by atoms with E-state index in [0.29, 0.717) is 24.2 Å². The van der Waals surface area contributed by atoms with E-state index >= 15 is 0 Å². The van der Waals surface area contributed by atoms with Crippen molar-refractivity contribution in [2.75, 3.05) is 24.6 Å². The Morgan fingerprint density at radius 2 is 1.90 bits per heavy atom. The second-order valence-corrected chi connectivity index (χ2v) is 13.5. The van der Waals surface area contributed by atoms with Gasteiger partial charge in [0.1, 0.15) is 0 Å². The number of hydrogen-bond donors (Lipinski definition) is 1. The molecule has 42 heavy (non-hydrogen) atoms. The molecule has 0 aromatic heterocycles. The minimum absolute atomic E-state index is 0.0535. The first-order valence-electron chi connectivity index (χ1n) is 15.8. The van der Waals surface area contributed by atoms with Crippen LogP contribution in [0, 0.1) is 40.4 Å². The van der Waals surface area contributed by atoms with E-state index in [1.54, 1.807) is 5.57 Å². The Morgan fingerprint density at radius 1 is 1.17 bits per heavy atom. The van der Waals surface area contributed by atoms with Crippen LogP contribution >= 0.6 is 0 Å². The van der Waals surface area contributed by atoms with Crippen molar-refractivity contribution in [1.29, 1.82) is 0 Å². The molecule has 2 saturated carbocycles. The SMILES string of the molecule is CC#C[C@]1(C(=O)COC(C)=O)CC[C@H]2[C@@H]3CC(C)C4=CC(=NO)CCC4=C3[C@@H](c3ccc(N4CCCC4)cc3)C[C@@]21C. The molecule has 1 unspecified atom stereocenters. The van der Waals surface area contributed by atoms with Crippen LogP contribution in [0.4, 0.5) is 5.69 Å². The zero-order valence-electron chi connectivity index (χ0n) is 25.5. The van der Waals surface area contributed by atoms with E-state index in [1.165, 1.54) is 42.2 Å². The lowest BCUT2D eigenvalue weighted by Crippen LogP contribution is -2.52. The molecule has 4 aliphatic carbocycles. The number of allylic oxidation sites excluding steroid dienone is 4. The van der Waals surface area contributed by atoms with Crippen molar-refractivity contribution in [2.24, 2.45) is 33.7 Å². The Kier molecular flexibility index (Phi) is 7.58. The van der Waals surface area contributed by atoms with Gasteiger partial charge < -0.3 is 14.8 Å². The standard InChI is InChI=1S/C36H44N2O4/c1-5-15-36(33(40)22-42-24(3)39)16-14-32-30-19-23(2)29-20-26(37-41)10-13-28(29)34(30)31(21-35(32,36)4)25-8-11-27(12-9-25)38-17-6-7-18-38/h8-9,11-12,20,23,30-32,41H,6-7,10,13-14,16-19,21-22H2,1-4H3/t23?,30-,31+,32-,35-,36+/m0/s1. The van der Waals surface area contributed by atoms with Gasteiger partial charge in [-0.25, -0.2) is 0 Å². The highest BCUT2D eigenvalue weighted by Crippen LogP contribution is 2.70. The number of Topliss-reactive ketones (excluding diaryl/α,β-unsaturated/α-hetero) is 1. The molecular formula is C36H44N2O4. The van der Waals surface area contributed by atoms with Crippen LogP contribution in [0.3, 0.4) is 0 Å². The van der Waals surface area contributed by atoms with Gasteiger partial charge in [-0.3, -0.25) is 9.59 Å². The first-order valence-corrected chi connectivity index (χ1v) is 15.8. The number of benzene rings is 1. The molecular weight excluding hydrogens is 524 g/mol. The van der Waals surface area contributed by atoms with Crippen molar-refractivity contribution < 1.29 is 19.5 Å². The molecule has 0 radical (unpaired) electrons. The summed E-state index contributed by atoms with van der Waals surface area (Å²) in [4.78, 5) is 28.2. The first kappa shape index (κ1) is 28.8. The summed E-state index contributed by atoms with van der Waals surface area (Å²) in [6.07, 6.45) is 9.73. The number of carbonyl (C=O) groups is 2. The molecule has 222 valence electrons. The first-order chi connectivity index (χ1) is 20.2. The van der Waals surface area contributed by atoms with Gasteiger partial charge in [-0.1, -0.05) is 42.6 Å². The van der Waals surface area contributed by atoms with Gasteiger partial charge in [0, 0.05) is 31.6 Å². The lowest BCUT2D eigenvalue weighted by atomic mass is 9.47. The summed E-state index contributed by atoms with van der Waals surface area (Å²) in [7, 11) is 0. The lowest BCUT2D eigenvalue weighted by molar-refractivity contribution is -0.150. The van der Waals surface area contributed by atoms with Crippen molar-refractivity contribution in [3.8, 4) is 11.8 Å². The third-order valence-corrected chi connectivity index (χ3v) is 11.4. The fourth-order valence-corrected chi connectivity index (χ4v) is 9.50. The van der Waals surface area contributed by atoms with Crippen LogP contribution in [0.25, 0.3) is 0 Å². The van der Waals surface area contributed by atoms with Gasteiger partial charge in [-0.15, -0.1) is 5.92 Å². The zero-order chi connectivity index (χ0) is 29.6. The average molecular weight is 569 g/mol. The van der Waals surface area contributed by atoms with Crippen LogP contribution in [0.5, 0.6) is 0 Å². The maximum Gasteiger partial charge on any atom is 0.303 e. The number of ether oxygens (including phenoxy) is 1. The molecule has 1 N–H and O–H groups in total. The van der Waals surface area contributed by atoms with Crippen LogP contribution in [0.2, 0.25) is 0 Å². The van der Waals surface area contributed by atoms with E-state index in [4.69, 9.17) is 4.74 Å². The number of anilines is 1. The number of hydrogen-bond acceptors (Lipinski definition) is 6. The third-order valence-electron chi connectivity index (χ3n) is 11.4. The van der Waals surface area contributed by atoms with Gasteiger partial charge in [0.15, 0.2) is 12.4 Å². The van der Waals surface area contributed by atoms with Gasteiger partial charge in [0.05, 0.1) is 11.1 Å². The molecule has 1 aliphatic heterocycles. The Balaban J connectivity index is 1.48. The highest BCUT2D eigenvalue weighted by molar-refractivity contribution is 5.97. The normalized spacial score (nSPS) is 34.6. The van der Waals surface area contributed by atoms with Gasteiger partial charge in [0.25, 0.3) is 0 Å². The summed E-state index contributed by atoms with van der Waals surface area (Å²) in [6, 6.07) is 9.21. The maximum absolute atomic E-state index is 14.0. The predicted octanol–water partition coefficient (Wildman–Crippen LogP) is 6.84. The monoisotopic (exact) mass is 568 g/mol. The summed E-state index contributed by atoms with van der Waals surface area (Å²) >= 11 is 0. The smallest absolute Gasteiger partial charge is 0.303 e. The minimum Gasteiger partial charge on any atom is -0.458 e. The highest BCUT2D eigenvalue weighted by atomic mass is 16.5. The van der Waals surface area contributed by atoms with Gasteiger partial charge in [0.2, 0.25) is 0 Å². The van der Waals surface area contributed by atoms with Gasteiger partial charge >= 0.3 is 5.97 Å². The Labute approximate surface area is 250 Å². The fourth-order valence-electron chi connectivity index (χ4n) is 9.50. The Hall–Kier alpha value is -3.33. The van der Waals surface area contributed by atoms with Gasteiger partial charge in [-0.2, -0.15) is 0 Å². The van der Waals surface area contributed by atoms with E-state index < -0.39 is 11.4 Å². The van der Waals surface area contributed by atoms with E-state index in [0.717, 1.165) is 50.9 Å². The fraction of sp³-hybridized carbons (Fsp3) is 0.583. The minimum atomic E-state index is -0.839. The molecule has 6 heteroatoms. The number of rotatable bonds is 5. The molecule has 6 rings (SSSR count). The maximum atomic E-state index is 14.0. The van der Waals surface area contributed by atoms with Crippen molar-refractivity contribution in [3.05, 3.63) is 52.6 Å². The van der Waals surface area contributed by atoms with Crippen LogP contribution < -0.4 is 4.90 Å². The molecule has 3 fully saturated rings. The molecule has 6 nitrogen and oxygen atoms in total. The molecule has 0 amide bonds. The molecule has 0 spiro atoms. The number of ketones is 1. The summed E-state index contributed by atoms with van der Waals surface area (Å²) in [6.45, 7) is 9.80. The number of oxime groups is 1.